The predicted octanol–water partition coefficient (Wildman–Crippen LogP) is 4.52. The van der Waals surface area contributed by atoms with E-state index >= 15 is 0 Å². The van der Waals surface area contributed by atoms with E-state index in [-0.39, 0.29) is 0 Å². The molecule has 1 N–H and O–H groups in total. The largest absolute Gasteiger partial charge is 0.385 e. The summed E-state index contributed by atoms with van der Waals surface area (Å²) in [6, 6.07) is 7.68. The Kier molecular flexibility index (Phi) is 4.11. The number of benzene rings is 1. The van der Waals surface area contributed by atoms with Gasteiger partial charge in [-0.15, -0.1) is 0 Å². The van der Waals surface area contributed by atoms with Crippen LogP contribution in [0.2, 0.25) is 5.02 Å². The lowest BCUT2D eigenvalue weighted by Gasteiger charge is -2.27. The van der Waals surface area contributed by atoms with Gasteiger partial charge >= 0.3 is 0 Å². The van der Waals surface area contributed by atoms with Gasteiger partial charge in [0.25, 0.3) is 0 Å². The summed E-state index contributed by atoms with van der Waals surface area (Å²) in [5.74, 6) is 0.788. The maximum absolute atomic E-state index is 10.8. The molecule has 0 spiro atoms. The lowest BCUT2D eigenvalue weighted by molar-refractivity contribution is 0.0196. The zero-order chi connectivity index (χ0) is 12.3. The van der Waals surface area contributed by atoms with Crippen molar-refractivity contribution in [2.75, 3.05) is 0 Å². The van der Waals surface area contributed by atoms with E-state index in [0.717, 1.165) is 42.2 Å². The van der Waals surface area contributed by atoms with Crippen LogP contribution in [0.25, 0.3) is 0 Å². The smallest absolute Gasteiger partial charge is 0.0896 e. The highest BCUT2D eigenvalue weighted by atomic mass is 35.5. The Balaban J connectivity index is 2.15. The van der Waals surface area contributed by atoms with Gasteiger partial charge in [-0.2, -0.15) is 0 Å². The van der Waals surface area contributed by atoms with Gasteiger partial charge in [0, 0.05) is 5.02 Å². The lowest BCUT2D eigenvalue weighted by atomic mass is 9.86. The van der Waals surface area contributed by atoms with Crippen molar-refractivity contribution >= 4 is 11.6 Å². The quantitative estimate of drug-likeness (QED) is 0.768. The molecule has 1 aliphatic rings. The molecule has 0 aliphatic heterocycles. The van der Waals surface area contributed by atoms with Crippen LogP contribution in [0.15, 0.2) is 24.3 Å². The first-order chi connectivity index (χ1) is 8.14. The third-order valence-corrected chi connectivity index (χ3v) is 4.38. The highest BCUT2D eigenvalue weighted by Gasteiger charge is 2.31. The van der Waals surface area contributed by atoms with Crippen LogP contribution in [0.5, 0.6) is 0 Å². The highest BCUT2D eigenvalue weighted by Crippen LogP contribution is 2.38. The van der Waals surface area contributed by atoms with Crippen molar-refractivity contribution in [3.05, 3.63) is 34.9 Å². The van der Waals surface area contributed by atoms with Crippen LogP contribution in [0.3, 0.4) is 0 Å². The normalized spacial score (nSPS) is 29.9. The Bertz CT molecular complexity index is 360. The molecule has 2 heteroatoms. The van der Waals surface area contributed by atoms with Gasteiger partial charge in [0.15, 0.2) is 0 Å². The molecule has 1 aromatic carbocycles. The summed E-state index contributed by atoms with van der Waals surface area (Å²) in [7, 11) is 0. The van der Waals surface area contributed by atoms with E-state index in [2.05, 4.69) is 6.92 Å². The average Bonchev–Trinajstić information content (AvgIpc) is 2.53. The Hall–Kier alpha value is -0.530. The molecular formula is C15H21ClO. The summed E-state index contributed by atoms with van der Waals surface area (Å²) in [5, 5.41) is 11.5. The van der Waals surface area contributed by atoms with Crippen molar-refractivity contribution in [1.82, 2.24) is 0 Å². The Morgan fingerprint density at radius 2 is 1.94 bits per heavy atom. The SMILES string of the molecule is CCC1CCCC(O)(c2ccc(Cl)cc2)CC1. The minimum absolute atomic E-state index is 0.630. The number of rotatable bonds is 2. The zero-order valence-corrected chi connectivity index (χ0v) is 11.2. The first-order valence-electron chi connectivity index (χ1n) is 6.62. The molecule has 0 radical (unpaired) electrons. The van der Waals surface area contributed by atoms with Crippen LogP contribution in [0.4, 0.5) is 0 Å². The summed E-state index contributed by atoms with van der Waals surface area (Å²) in [6.45, 7) is 2.25. The minimum atomic E-state index is -0.630. The molecule has 1 fully saturated rings. The molecule has 0 aromatic heterocycles. The molecule has 2 unspecified atom stereocenters. The van der Waals surface area contributed by atoms with Gasteiger partial charge < -0.3 is 5.11 Å². The molecule has 1 nitrogen and oxygen atoms in total. The monoisotopic (exact) mass is 252 g/mol. The molecule has 1 aliphatic carbocycles. The predicted molar refractivity (Wildman–Crippen MR) is 72.2 cm³/mol. The van der Waals surface area contributed by atoms with Crippen LogP contribution in [0.1, 0.15) is 51.0 Å². The van der Waals surface area contributed by atoms with Crippen LogP contribution in [0, 0.1) is 5.92 Å². The third kappa shape index (κ3) is 3.02. The van der Waals surface area contributed by atoms with Crippen molar-refractivity contribution in [3.8, 4) is 0 Å². The minimum Gasteiger partial charge on any atom is -0.385 e. The fraction of sp³-hybridized carbons (Fsp3) is 0.600. The van der Waals surface area contributed by atoms with Gasteiger partial charge in [-0.05, 0) is 49.3 Å². The number of halogens is 1. The molecule has 0 saturated heterocycles. The van der Waals surface area contributed by atoms with Crippen molar-refractivity contribution in [2.45, 2.75) is 51.0 Å². The maximum atomic E-state index is 10.8. The van der Waals surface area contributed by atoms with E-state index in [4.69, 9.17) is 11.6 Å². The molecule has 0 heterocycles. The average molecular weight is 253 g/mol. The molecule has 1 aromatic rings. The summed E-state index contributed by atoms with van der Waals surface area (Å²) in [5.41, 5.74) is 0.396. The standard InChI is InChI=1S/C15H21ClO/c1-2-12-4-3-10-15(17,11-9-12)13-5-7-14(16)8-6-13/h5-8,12,17H,2-4,9-11H2,1H3. The second kappa shape index (κ2) is 5.41. The van der Waals surface area contributed by atoms with Crippen LogP contribution in [-0.2, 0) is 5.60 Å². The van der Waals surface area contributed by atoms with E-state index in [1.54, 1.807) is 0 Å². The van der Waals surface area contributed by atoms with Crippen LogP contribution < -0.4 is 0 Å². The Labute approximate surface area is 109 Å². The topological polar surface area (TPSA) is 20.2 Å². The van der Waals surface area contributed by atoms with Gasteiger partial charge in [0.1, 0.15) is 0 Å². The molecule has 1 saturated carbocycles. The summed E-state index contributed by atoms with van der Waals surface area (Å²) in [4.78, 5) is 0. The van der Waals surface area contributed by atoms with Crippen molar-refractivity contribution in [3.63, 3.8) is 0 Å². The second-order valence-corrected chi connectivity index (χ2v) is 5.68. The van der Waals surface area contributed by atoms with Gasteiger partial charge in [0.2, 0.25) is 0 Å². The van der Waals surface area contributed by atoms with Crippen LogP contribution in [-0.4, -0.2) is 5.11 Å². The van der Waals surface area contributed by atoms with Crippen LogP contribution >= 0.6 is 11.6 Å². The maximum Gasteiger partial charge on any atom is 0.0896 e. The molecule has 2 atom stereocenters. The summed E-state index contributed by atoms with van der Waals surface area (Å²) < 4.78 is 0. The number of aliphatic hydroxyl groups is 1. The highest BCUT2D eigenvalue weighted by molar-refractivity contribution is 6.30. The van der Waals surface area contributed by atoms with Crippen molar-refractivity contribution < 1.29 is 5.11 Å². The molecule has 17 heavy (non-hydrogen) atoms. The number of hydrogen-bond donors (Lipinski definition) is 1. The fourth-order valence-corrected chi connectivity index (χ4v) is 2.98. The van der Waals surface area contributed by atoms with Gasteiger partial charge in [-0.3, -0.25) is 0 Å². The molecule has 0 bridgehead atoms. The van der Waals surface area contributed by atoms with Crippen molar-refractivity contribution in [1.29, 1.82) is 0 Å². The fourth-order valence-electron chi connectivity index (χ4n) is 2.85. The first kappa shape index (κ1) is 12.9. The lowest BCUT2D eigenvalue weighted by Crippen LogP contribution is -2.24. The van der Waals surface area contributed by atoms with Crippen molar-refractivity contribution in [2.24, 2.45) is 5.92 Å². The van der Waals surface area contributed by atoms with E-state index in [1.165, 1.54) is 12.8 Å². The van der Waals surface area contributed by atoms with E-state index in [0.29, 0.717) is 0 Å². The van der Waals surface area contributed by atoms with Gasteiger partial charge in [-0.25, -0.2) is 0 Å². The van der Waals surface area contributed by atoms with E-state index in [1.807, 2.05) is 24.3 Å². The van der Waals surface area contributed by atoms with E-state index < -0.39 is 5.60 Å². The number of hydrogen-bond acceptors (Lipinski definition) is 1. The molecular weight excluding hydrogens is 232 g/mol. The van der Waals surface area contributed by atoms with Gasteiger partial charge in [-0.1, -0.05) is 43.5 Å². The molecule has 0 amide bonds. The third-order valence-electron chi connectivity index (χ3n) is 4.13. The summed E-state index contributed by atoms with van der Waals surface area (Å²) in [6.07, 6.45) is 6.51. The zero-order valence-electron chi connectivity index (χ0n) is 10.5. The Morgan fingerprint density at radius 3 is 2.59 bits per heavy atom. The summed E-state index contributed by atoms with van der Waals surface area (Å²) >= 11 is 5.89. The Morgan fingerprint density at radius 1 is 1.24 bits per heavy atom. The molecule has 2 rings (SSSR count). The first-order valence-corrected chi connectivity index (χ1v) is 7.00. The molecule has 94 valence electrons. The van der Waals surface area contributed by atoms with E-state index in [9.17, 15) is 5.11 Å². The van der Waals surface area contributed by atoms with Gasteiger partial charge in [0.05, 0.1) is 5.60 Å². The second-order valence-electron chi connectivity index (χ2n) is 5.24.